The highest BCUT2D eigenvalue weighted by Crippen LogP contribution is 2.34. The summed E-state index contributed by atoms with van der Waals surface area (Å²) in [4.78, 5) is 38.0. The van der Waals surface area contributed by atoms with Crippen molar-refractivity contribution in [3.05, 3.63) is 34.6 Å². The van der Waals surface area contributed by atoms with Crippen molar-refractivity contribution < 1.29 is 18.8 Å². The van der Waals surface area contributed by atoms with Crippen LogP contribution in [0.15, 0.2) is 16.5 Å². The number of nitrogens with zero attached hydrogens (tertiary/aromatic N) is 1. The van der Waals surface area contributed by atoms with Crippen LogP contribution in [-0.4, -0.2) is 35.7 Å². The Kier molecular flexibility index (Phi) is 3.07. The van der Waals surface area contributed by atoms with E-state index in [4.69, 9.17) is 4.42 Å². The van der Waals surface area contributed by atoms with Gasteiger partial charge < -0.3 is 9.32 Å². The van der Waals surface area contributed by atoms with Gasteiger partial charge in [-0.1, -0.05) is 12.1 Å². The van der Waals surface area contributed by atoms with Gasteiger partial charge >= 0.3 is 0 Å². The normalized spacial score (nSPS) is 23.0. The summed E-state index contributed by atoms with van der Waals surface area (Å²) in [6, 6.07) is 3.98. The second kappa shape index (κ2) is 4.93. The third kappa shape index (κ3) is 1.92. The highest BCUT2D eigenvalue weighted by Gasteiger charge is 2.49. The fourth-order valence-corrected chi connectivity index (χ4v) is 3.83. The number of benzene rings is 1. The standard InChI is InChI=1S/C18H18N2O4/c1-8-4-5-9(2)14-13(8)10(3)15(24-14)18(23)20-6-11-12(7-20)17(22)19-16(11)21/h4-5,11-12H,6-7H2,1-3H3,(H,19,21,22)/t11-,12+. The molecule has 2 aromatic rings. The Bertz CT molecular complexity index is 889. The zero-order valence-corrected chi connectivity index (χ0v) is 13.8. The highest BCUT2D eigenvalue weighted by atomic mass is 16.3. The van der Waals surface area contributed by atoms with Crippen molar-refractivity contribution >= 4 is 28.7 Å². The third-order valence-electron chi connectivity index (χ3n) is 5.20. The molecule has 6 nitrogen and oxygen atoms in total. The van der Waals surface area contributed by atoms with E-state index in [0.29, 0.717) is 5.76 Å². The van der Waals surface area contributed by atoms with Crippen molar-refractivity contribution in [2.45, 2.75) is 20.8 Å². The monoisotopic (exact) mass is 326 g/mol. The molecule has 3 amide bonds. The number of carbonyl (C=O) groups excluding carboxylic acids is 3. The molecule has 0 spiro atoms. The maximum atomic E-state index is 12.9. The Morgan fingerprint density at radius 2 is 1.67 bits per heavy atom. The van der Waals surface area contributed by atoms with E-state index in [-0.39, 0.29) is 30.8 Å². The summed E-state index contributed by atoms with van der Waals surface area (Å²) in [5, 5.41) is 3.29. The van der Waals surface area contributed by atoms with Gasteiger partial charge in [0.2, 0.25) is 11.8 Å². The Labute approximate surface area is 138 Å². The van der Waals surface area contributed by atoms with Crippen LogP contribution in [0.1, 0.15) is 27.2 Å². The van der Waals surface area contributed by atoms with Crippen molar-refractivity contribution in [2.24, 2.45) is 11.8 Å². The van der Waals surface area contributed by atoms with E-state index in [1.54, 1.807) is 4.90 Å². The van der Waals surface area contributed by atoms with Crippen molar-refractivity contribution in [3.8, 4) is 0 Å². The molecule has 1 aromatic heterocycles. The minimum atomic E-state index is -0.436. The van der Waals surface area contributed by atoms with Crippen LogP contribution in [0.2, 0.25) is 0 Å². The van der Waals surface area contributed by atoms with Crippen molar-refractivity contribution in [1.82, 2.24) is 10.2 Å². The molecule has 6 heteroatoms. The number of amides is 3. The Morgan fingerprint density at radius 1 is 1.08 bits per heavy atom. The van der Waals surface area contributed by atoms with E-state index in [0.717, 1.165) is 27.7 Å². The zero-order valence-electron chi connectivity index (χ0n) is 13.8. The summed E-state index contributed by atoms with van der Waals surface area (Å²) in [5.74, 6) is -1.39. The molecule has 1 aromatic carbocycles. The zero-order chi connectivity index (χ0) is 17.2. The van der Waals surface area contributed by atoms with Gasteiger partial charge in [0.05, 0.1) is 11.8 Å². The molecule has 4 rings (SSSR count). The molecule has 24 heavy (non-hydrogen) atoms. The van der Waals surface area contributed by atoms with Crippen molar-refractivity contribution in [3.63, 3.8) is 0 Å². The molecule has 2 fully saturated rings. The predicted molar refractivity (Wildman–Crippen MR) is 86.5 cm³/mol. The van der Waals surface area contributed by atoms with E-state index in [1.165, 1.54) is 0 Å². The van der Waals surface area contributed by atoms with Gasteiger partial charge in [-0.05, 0) is 31.9 Å². The van der Waals surface area contributed by atoms with Crippen LogP contribution in [0.5, 0.6) is 0 Å². The summed E-state index contributed by atoms with van der Waals surface area (Å²) < 4.78 is 5.88. The minimum Gasteiger partial charge on any atom is -0.450 e. The Morgan fingerprint density at radius 3 is 2.25 bits per heavy atom. The van der Waals surface area contributed by atoms with Gasteiger partial charge in [-0.3, -0.25) is 19.7 Å². The van der Waals surface area contributed by atoms with E-state index < -0.39 is 11.8 Å². The molecular weight excluding hydrogens is 308 g/mol. The van der Waals surface area contributed by atoms with Crippen molar-refractivity contribution in [2.75, 3.05) is 13.1 Å². The molecule has 2 saturated heterocycles. The quantitative estimate of drug-likeness (QED) is 0.809. The number of rotatable bonds is 1. The molecule has 0 saturated carbocycles. The van der Waals surface area contributed by atoms with Crippen LogP contribution in [0.25, 0.3) is 11.0 Å². The molecule has 124 valence electrons. The Balaban J connectivity index is 1.71. The highest BCUT2D eigenvalue weighted by molar-refractivity contribution is 6.07. The van der Waals surface area contributed by atoms with Gasteiger partial charge in [0, 0.05) is 24.0 Å². The molecule has 0 unspecified atom stereocenters. The first-order valence-corrected chi connectivity index (χ1v) is 8.01. The lowest BCUT2D eigenvalue weighted by Gasteiger charge is -2.15. The molecule has 2 aliphatic heterocycles. The largest absolute Gasteiger partial charge is 0.450 e. The lowest BCUT2D eigenvalue weighted by Crippen LogP contribution is -2.35. The number of furan rings is 1. The second-order valence-corrected chi connectivity index (χ2v) is 6.74. The smallest absolute Gasteiger partial charge is 0.289 e. The van der Waals surface area contributed by atoms with Gasteiger partial charge in [-0.2, -0.15) is 0 Å². The number of hydrogen-bond acceptors (Lipinski definition) is 4. The van der Waals surface area contributed by atoms with Crippen LogP contribution in [-0.2, 0) is 9.59 Å². The maximum Gasteiger partial charge on any atom is 0.289 e. The molecule has 1 N–H and O–H groups in total. The Hall–Kier alpha value is -2.63. The van der Waals surface area contributed by atoms with Gasteiger partial charge in [0.1, 0.15) is 5.58 Å². The molecular formula is C18H18N2O4. The van der Waals surface area contributed by atoms with Crippen LogP contribution in [0, 0.1) is 32.6 Å². The molecule has 2 aliphatic rings. The van der Waals surface area contributed by atoms with Gasteiger partial charge in [-0.25, -0.2) is 0 Å². The van der Waals surface area contributed by atoms with Crippen LogP contribution in [0.3, 0.4) is 0 Å². The predicted octanol–water partition coefficient (Wildman–Crippen LogP) is 1.70. The maximum absolute atomic E-state index is 12.9. The number of likely N-dealkylation sites (tertiary alicyclic amines) is 1. The molecule has 0 radical (unpaired) electrons. The number of hydrogen-bond donors (Lipinski definition) is 1. The summed E-state index contributed by atoms with van der Waals surface area (Å²) >= 11 is 0. The fourth-order valence-electron chi connectivity index (χ4n) is 3.83. The topological polar surface area (TPSA) is 79.6 Å². The summed E-state index contributed by atoms with van der Waals surface area (Å²) in [7, 11) is 0. The number of aryl methyl sites for hydroxylation is 3. The first-order chi connectivity index (χ1) is 11.4. The average Bonchev–Trinajstić information content (AvgIpc) is 3.19. The summed E-state index contributed by atoms with van der Waals surface area (Å²) in [6.07, 6.45) is 0. The fraction of sp³-hybridized carbons (Fsp3) is 0.389. The average molecular weight is 326 g/mol. The van der Waals surface area contributed by atoms with Gasteiger partial charge in [-0.15, -0.1) is 0 Å². The molecule has 3 heterocycles. The minimum absolute atomic E-state index is 0.252. The lowest BCUT2D eigenvalue weighted by atomic mass is 10.00. The molecule has 0 aliphatic carbocycles. The third-order valence-corrected chi connectivity index (χ3v) is 5.20. The number of carbonyl (C=O) groups is 3. The van der Waals surface area contributed by atoms with Gasteiger partial charge in [0.15, 0.2) is 5.76 Å². The van der Waals surface area contributed by atoms with Crippen molar-refractivity contribution in [1.29, 1.82) is 0 Å². The van der Waals surface area contributed by atoms with E-state index >= 15 is 0 Å². The lowest BCUT2D eigenvalue weighted by molar-refractivity contribution is -0.126. The van der Waals surface area contributed by atoms with Crippen LogP contribution >= 0.6 is 0 Å². The number of imide groups is 1. The number of fused-ring (bicyclic) bond motifs is 2. The first-order valence-electron chi connectivity index (χ1n) is 8.01. The molecule has 0 bridgehead atoms. The second-order valence-electron chi connectivity index (χ2n) is 6.74. The SMILES string of the molecule is Cc1ccc(C)c2c(C)c(C(=O)N3C[C@@H]4C(=O)NC(=O)[C@@H]4C3)oc12. The van der Waals surface area contributed by atoms with Gasteiger partial charge in [0.25, 0.3) is 5.91 Å². The summed E-state index contributed by atoms with van der Waals surface area (Å²) in [6.45, 7) is 6.33. The van der Waals surface area contributed by atoms with E-state index in [9.17, 15) is 14.4 Å². The van der Waals surface area contributed by atoms with E-state index in [1.807, 2.05) is 32.9 Å². The van der Waals surface area contributed by atoms with Crippen LogP contribution < -0.4 is 5.32 Å². The number of nitrogens with one attached hydrogen (secondary N) is 1. The van der Waals surface area contributed by atoms with Crippen LogP contribution in [0.4, 0.5) is 0 Å². The molecule has 2 atom stereocenters. The summed E-state index contributed by atoms with van der Waals surface area (Å²) in [5.41, 5.74) is 3.57. The van der Waals surface area contributed by atoms with E-state index in [2.05, 4.69) is 5.32 Å². The first kappa shape index (κ1) is 14.9.